The number of aromatic nitrogens is 4. The zero-order chi connectivity index (χ0) is 22.2. The molecule has 0 unspecified atom stereocenters. The zero-order valence-corrected chi connectivity index (χ0v) is 19.2. The summed E-state index contributed by atoms with van der Waals surface area (Å²) in [5, 5.41) is 12.7. The molecular weight excluding hydrogens is 422 g/mol. The van der Waals surface area contributed by atoms with Gasteiger partial charge < -0.3 is 10.1 Å². The van der Waals surface area contributed by atoms with Gasteiger partial charge >= 0.3 is 0 Å². The van der Waals surface area contributed by atoms with Crippen LogP contribution in [0.25, 0.3) is 17.1 Å². The molecule has 4 rings (SSSR count). The van der Waals surface area contributed by atoms with Crippen LogP contribution in [0.15, 0.2) is 53.9 Å². The average molecular weight is 452 g/mol. The summed E-state index contributed by atoms with van der Waals surface area (Å²) < 4.78 is 7.56. The SMILES string of the molecule is CCOc1ccc(-n2c(SCC(=O)NC3CCCCCC3)nnc2-c2ccncc2)cc1. The minimum Gasteiger partial charge on any atom is -0.494 e. The van der Waals surface area contributed by atoms with Gasteiger partial charge in [0.05, 0.1) is 12.4 Å². The predicted octanol–water partition coefficient (Wildman–Crippen LogP) is 4.66. The van der Waals surface area contributed by atoms with Gasteiger partial charge in [0.15, 0.2) is 11.0 Å². The second-order valence-corrected chi connectivity index (χ2v) is 8.79. The van der Waals surface area contributed by atoms with Crippen molar-refractivity contribution in [2.24, 2.45) is 0 Å². The number of benzene rings is 1. The molecular formula is C24H29N5O2S. The van der Waals surface area contributed by atoms with Gasteiger partial charge in [-0.2, -0.15) is 0 Å². The second-order valence-electron chi connectivity index (χ2n) is 7.85. The summed E-state index contributed by atoms with van der Waals surface area (Å²) in [4.78, 5) is 16.7. The fourth-order valence-corrected chi connectivity index (χ4v) is 4.73. The van der Waals surface area contributed by atoms with Crippen molar-refractivity contribution < 1.29 is 9.53 Å². The maximum atomic E-state index is 12.6. The van der Waals surface area contributed by atoms with Crippen molar-refractivity contribution >= 4 is 17.7 Å². The number of amides is 1. The Morgan fingerprint density at radius 1 is 1.06 bits per heavy atom. The number of hydrogen-bond acceptors (Lipinski definition) is 6. The number of ether oxygens (including phenoxy) is 1. The minimum absolute atomic E-state index is 0.0496. The molecule has 0 aliphatic heterocycles. The van der Waals surface area contributed by atoms with Gasteiger partial charge in [0.1, 0.15) is 5.75 Å². The Hall–Kier alpha value is -2.87. The Morgan fingerprint density at radius 3 is 2.47 bits per heavy atom. The van der Waals surface area contributed by atoms with E-state index in [1.807, 2.05) is 47.9 Å². The molecule has 0 bridgehead atoms. The lowest BCUT2D eigenvalue weighted by Gasteiger charge is -2.16. The third kappa shape index (κ3) is 5.68. The van der Waals surface area contributed by atoms with E-state index in [9.17, 15) is 4.79 Å². The zero-order valence-electron chi connectivity index (χ0n) is 18.4. The molecule has 8 heteroatoms. The van der Waals surface area contributed by atoms with Crippen molar-refractivity contribution in [3.05, 3.63) is 48.8 Å². The first-order valence-electron chi connectivity index (χ1n) is 11.3. The van der Waals surface area contributed by atoms with Crippen molar-refractivity contribution in [2.45, 2.75) is 56.6 Å². The molecule has 1 aliphatic carbocycles. The van der Waals surface area contributed by atoms with Crippen LogP contribution in [0.4, 0.5) is 0 Å². The largest absolute Gasteiger partial charge is 0.494 e. The van der Waals surface area contributed by atoms with E-state index in [4.69, 9.17) is 4.74 Å². The lowest BCUT2D eigenvalue weighted by atomic mass is 10.1. The topological polar surface area (TPSA) is 81.9 Å². The van der Waals surface area contributed by atoms with Gasteiger partial charge in [0.2, 0.25) is 5.91 Å². The van der Waals surface area contributed by atoms with Crippen LogP contribution in [0, 0.1) is 0 Å². The van der Waals surface area contributed by atoms with E-state index in [-0.39, 0.29) is 5.91 Å². The van der Waals surface area contributed by atoms with Crippen LogP contribution in [0.3, 0.4) is 0 Å². The highest BCUT2D eigenvalue weighted by Gasteiger charge is 2.19. The molecule has 32 heavy (non-hydrogen) atoms. The third-order valence-electron chi connectivity index (χ3n) is 5.53. The first-order valence-corrected chi connectivity index (χ1v) is 12.2. The lowest BCUT2D eigenvalue weighted by Crippen LogP contribution is -2.35. The number of rotatable bonds is 8. The van der Waals surface area contributed by atoms with E-state index in [2.05, 4.69) is 20.5 Å². The van der Waals surface area contributed by atoms with E-state index < -0.39 is 0 Å². The molecule has 1 aliphatic rings. The van der Waals surface area contributed by atoms with Crippen LogP contribution >= 0.6 is 11.8 Å². The third-order valence-corrected chi connectivity index (χ3v) is 6.46. The van der Waals surface area contributed by atoms with Gasteiger partial charge in [-0.3, -0.25) is 14.3 Å². The van der Waals surface area contributed by atoms with Crippen molar-refractivity contribution in [1.29, 1.82) is 0 Å². The van der Waals surface area contributed by atoms with Crippen LogP contribution in [0.5, 0.6) is 5.75 Å². The quantitative estimate of drug-likeness (QED) is 0.396. The fraction of sp³-hybridized carbons (Fsp3) is 0.417. The van der Waals surface area contributed by atoms with Crippen molar-refractivity contribution in [3.63, 3.8) is 0 Å². The summed E-state index contributed by atoms with van der Waals surface area (Å²) in [5.41, 5.74) is 1.83. The van der Waals surface area contributed by atoms with Crippen LogP contribution in [-0.2, 0) is 4.79 Å². The number of carbonyl (C=O) groups is 1. The normalized spacial score (nSPS) is 14.7. The summed E-state index contributed by atoms with van der Waals surface area (Å²) in [6.07, 6.45) is 10.5. The molecule has 1 aromatic carbocycles. The van der Waals surface area contributed by atoms with Crippen LogP contribution in [0.1, 0.15) is 45.4 Å². The smallest absolute Gasteiger partial charge is 0.230 e. The van der Waals surface area contributed by atoms with Crippen LogP contribution < -0.4 is 10.1 Å². The average Bonchev–Trinajstić information content (AvgIpc) is 3.08. The number of carbonyl (C=O) groups excluding carboxylic acids is 1. The van der Waals surface area contributed by atoms with Gasteiger partial charge in [-0.05, 0) is 56.2 Å². The monoisotopic (exact) mass is 451 g/mol. The summed E-state index contributed by atoms with van der Waals surface area (Å²) in [7, 11) is 0. The Bertz CT molecular complexity index is 999. The lowest BCUT2D eigenvalue weighted by molar-refractivity contribution is -0.119. The molecule has 1 amide bonds. The van der Waals surface area contributed by atoms with Gasteiger partial charge in [-0.15, -0.1) is 10.2 Å². The molecule has 2 aromatic heterocycles. The van der Waals surface area contributed by atoms with E-state index in [0.717, 1.165) is 29.8 Å². The van der Waals surface area contributed by atoms with Gasteiger partial charge in [0.25, 0.3) is 0 Å². The summed E-state index contributed by atoms with van der Waals surface area (Å²) >= 11 is 1.40. The highest BCUT2D eigenvalue weighted by atomic mass is 32.2. The summed E-state index contributed by atoms with van der Waals surface area (Å²) in [6.45, 7) is 2.58. The molecule has 1 saturated carbocycles. The number of pyridine rings is 1. The first-order chi connectivity index (χ1) is 15.7. The van der Waals surface area contributed by atoms with Crippen LogP contribution in [-0.4, -0.2) is 44.1 Å². The molecule has 0 saturated heterocycles. The summed E-state index contributed by atoms with van der Waals surface area (Å²) in [5.74, 6) is 1.88. The highest BCUT2D eigenvalue weighted by Crippen LogP contribution is 2.29. The molecule has 3 aromatic rings. The fourth-order valence-electron chi connectivity index (χ4n) is 3.97. The number of nitrogens with zero attached hydrogens (tertiary/aromatic N) is 4. The van der Waals surface area contributed by atoms with Crippen molar-refractivity contribution in [1.82, 2.24) is 25.1 Å². The number of hydrogen-bond donors (Lipinski definition) is 1. The van der Waals surface area contributed by atoms with Crippen LogP contribution in [0.2, 0.25) is 0 Å². The number of nitrogens with one attached hydrogen (secondary N) is 1. The van der Waals surface area contributed by atoms with E-state index in [1.165, 1.54) is 37.4 Å². The second kappa shape index (κ2) is 11.1. The van der Waals surface area contributed by atoms with Crippen molar-refractivity contribution in [2.75, 3.05) is 12.4 Å². The van der Waals surface area contributed by atoms with Gasteiger partial charge in [-0.1, -0.05) is 37.4 Å². The molecule has 0 spiro atoms. The molecule has 168 valence electrons. The molecule has 7 nitrogen and oxygen atoms in total. The molecule has 1 fully saturated rings. The van der Waals surface area contributed by atoms with Crippen molar-refractivity contribution in [3.8, 4) is 22.8 Å². The highest BCUT2D eigenvalue weighted by molar-refractivity contribution is 7.99. The molecule has 0 atom stereocenters. The predicted molar refractivity (Wildman–Crippen MR) is 126 cm³/mol. The maximum absolute atomic E-state index is 12.6. The molecule has 2 heterocycles. The minimum atomic E-state index is 0.0496. The maximum Gasteiger partial charge on any atom is 0.230 e. The Kier molecular flexibility index (Phi) is 7.77. The number of thioether (sulfide) groups is 1. The summed E-state index contributed by atoms with van der Waals surface area (Å²) in [6, 6.07) is 11.9. The Balaban J connectivity index is 1.53. The van der Waals surface area contributed by atoms with E-state index in [1.54, 1.807) is 12.4 Å². The standard InChI is InChI=1S/C24H29N5O2S/c1-2-31-21-11-9-20(10-12-21)29-23(18-13-15-25-16-14-18)27-28-24(29)32-17-22(30)26-19-7-5-3-4-6-8-19/h9-16,19H,2-8,17H2,1H3,(H,26,30). The Morgan fingerprint density at radius 2 is 1.78 bits per heavy atom. The Labute approximate surface area is 193 Å². The van der Waals surface area contributed by atoms with E-state index >= 15 is 0 Å². The first kappa shape index (κ1) is 22.3. The molecule has 0 radical (unpaired) electrons. The molecule has 1 N–H and O–H groups in total. The van der Waals surface area contributed by atoms with E-state index in [0.29, 0.717) is 29.4 Å². The van der Waals surface area contributed by atoms with Gasteiger partial charge in [0, 0.05) is 29.7 Å². The van der Waals surface area contributed by atoms with Gasteiger partial charge in [-0.25, -0.2) is 0 Å².